The first-order chi connectivity index (χ1) is 8.16. The van der Waals surface area contributed by atoms with Crippen molar-refractivity contribution in [3.8, 4) is 0 Å². The van der Waals surface area contributed by atoms with Crippen LogP contribution in [0.4, 0.5) is 4.39 Å². The lowest BCUT2D eigenvalue weighted by atomic mass is 10.1. The van der Waals surface area contributed by atoms with Gasteiger partial charge in [-0.3, -0.25) is 0 Å². The Kier molecular flexibility index (Phi) is 3.59. The molecular formula is C14H16FNO. The lowest BCUT2D eigenvalue weighted by Crippen LogP contribution is -2.18. The molecule has 90 valence electrons. The van der Waals surface area contributed by atoms with E-state index in [9.17, 15) is 4.39 Å². The lowest BCUT2D eigenvalue weighted by Gasteiger charge is -2.12. The number of hydrogen-bond donors (Lipinski definition) is 1. The van der Waals surface area contributed by atoms with E-state index in [0.717, 1.165) is 16.9 Å². The van der Waals surface area contributed by atoms with Crippen molar-refractivity contribution in [3.63, 3.8) is 0 Å². The summed E-state index contributed by atoms with van der Waals surface area (Å²) in [6.45, 7) is 4.66. The fourth-order valence-corrected chi connectivity index (χ4v) is 1.76. The van der Waals surface area contributed by atoms with Crippen LogP contribution in [0.2, 0.25) is 0 Å². The maximum Gasteiger partial charge on any atom is 0.123 e. The molecule has 1 atom stereocenters. The van der Waals surface area contributed by atoms with E-state index in [4.69, 9.17) is 4.42 Å². The van der Waals surface area contributed by atoms with E-state index in [-0.39, 0.29) is 11.9 Å². The summed E-state index contributed by atoms with van der Waals surface area (Å²) in [4.78, 5) is 0. The zero-order valence-corrected chi connectivity index (χ0v) is 10.0. The van der Waals surface area contributed by atoms with Gasteiger partial charge in [0.2, 0.25) is 0 Å². The Morgan fingerprint density at radius 1 is 1.35 bits per heavy atom. The molecule has 0 aliphatic carbocycles. The summed E-state index contributed by atoms with van der Waals surface area (Å²) in [6, 6.07) is 8.81. The van der Waals surface area contributed by atoms with Crippen LogP contribution in [0.3, 0.4) is 0 Å². The largest absolute Gasteiger partial charge is 0.468 e. The monoisotopic (exact) mass is 233 g/mol. The van der Waals surface area contributed by atoms with Crippen molar-refractivity contribution in [2.45, 2.75) is 26.4 Å². The maximum atomic E-state index is 12.9. The average Bonchev–Trinajstić information content (AvgIpc) is 2.81. The highest BCUT2D eigenvalue weighted by molar-refractivity contribution is 5.26. The molecule has 0 spiro atoms. The zero-order chi connectivity index (χ0) is 12.3. The molecule has 0 saturated carbocycles. The van der Waals surface area contributed by atoms with Gasteiger partial charge in [0.15, 0.2) is 0 Å². The molecule has 1 aromatic carbocycles. The Hall–Kier alpha value is -1.61. The quantitative estimate of drug-likeness (QED) is 0.873. The Morgan fingerprint density at radius 3 is 2.82 bits per heavy atom. The van der Waals surface area contributed by atoms with Crippen LogP contribution in [-0.2, 0) is 6.54 Å². The van der Waals surface area contributed by atoms with Crippen molar-refractivity contribution in [2.75, 3.05) is 0 Å². The molecule has 2 aromatic rings. The van der Waals surface area contributed by atoms with Crippen LogP contribution >= 0.6 is 0 Å². The molecule has 0 aliphatic rings. The van der Waals surface area contributed by atoms with Gasteiger partial charge in [0.05, 0.1) is 12.3 Å². The Labute approximate surface area is 100 Å². The molecule has 3 heteroatoms. The first-order valence-corrected chi connectivity index (χ1v) is 5.68. The highest BCUT2D eigenvalue weighted by Gasteiger charge is 2.08. The topological polar surface area (TPSA) is 25.2 Å². The summed E-state index contributed by atoms with van der Waals surface area (Å²) >= 11 is 0. The molecule has 0 radical (unpaired) electrons. The van der Waals surface area contributed by atoms with Crippen molar-refractivity contribution in [1.82, 2.24) is 5.32 Å². The van der Waals surface area contributed by atoms with Crippen LogP contribution in [0.5, 0.6) is 0 Å². The van der Waals surface area contributed by atoms with E-state index < -0.39 is 0 Å². The van der Waals surface area contributed by atoms with Crippen molar-refractivity contribution in [1.29, 1.82) is 0 Å². The predicted molar refractivity (Wildman–Crippen MR) is 65.1 cm³/mol. The number of nitrogens with one attached hydrogen (secondary N) is 1. The van der Waals surface area contributed by atoms with Gasteiger partial charge in [0, 0.05) is 6.54 Å². The smallest absolute Gasteiger partial charge is 0.123 e. The number of rotatable bonds is 4. The first-order valence-electron chi connectivity index (χ1n) is 5.68. The van der Waals surface area contributed by atoms with E-state index in [0.29, 0.717) is 6.54 Å². The molecule has 1 N–H and O–H groups in total. The highest BCUT2D eigenvalue weighted by Crippen LogP contribution is 2.15. The molecule has 2 rings (SSSR count). The molecule has 0 bridgehead atoms. The summed E-state index contributed by atoms with van der Waals surface area (Å²) in [5.74, 6) is 0.718. The van der Waals surface area contributed by atoms with Crippen molar-refractivity contribution >= 4 is 0 Å². The van der Waals surface area contributed by atoms with E-state index in [1.165, 1.54) is 6.07 Å². The second kappa shape index (κ2) is 5.15. The molecule has 0 aliphatic heterocycles. The summed E-state index contributed by atoms with van der Waals surface area (Å²) in [5.41, 5.74) is 2.06. The fourth-order valence-electron chi connectivity index (χ4n) is 1.76. The van der Waals surface area contributed by atoms with Crippen LogP contribution in [0.25, 0.3) is 0 Å². The van der Waals surface area contributed by atoms with Gasteiger partial charge in [-0.15, -0.1) is 0 Å². The summed E-state index contributed by atoms with van der Waals surface area (Å²) in [5, 5.41) is 3.35. The summed E-state index contributed by atoms with van der Waals surface area (Å²) in [6.07, 6.45) is 1.66. The third-order valence-electron chi connectivity index (χ3n) is 2.87. The predicted octanol–water partition coefficient (Wildman–Crippen LogP) is 3.58. The minimum Gasteiger partial charge on any atom is -0.468 e. The molecule has 2 nitrogen and oxygen atoms in total. The van der Waals surface area contributed by atoms with Gasteiger partial charge in [-0.25, -0.2) is 4.39 Å². The average molecular weight is 233 g/mol. The number of benzene rings is 1. The van der Waals surface area contributed by atoms with Crippen LogP contribution in [-0.4, -0.2) is 0 Å². The Balaban J connectivity index is 1.98. The van der Waals surface area contributed by atoms with Crippen LogP contribution in [0.1, 0.15) is 29.9 Å². The highest BCUT2D eigenvalue weighted by atomic mass is 19.1. The SMILES string of the molecule is Cc1cc(F)ccc1CN[C@@H](C)c1ccco1. The van der Waals surface area contributed by atoms with Crippen molar-refractivity contribution in [3.05, 3.63) is 59.3 Å². The molecule has 1 heterocycles. The second-order valence-electron chi connectivity index (χ2n) is 4.19. The second-order valence-corrected chi connectivity index (χ2v) is 4.19. The molecule has 0 fully saturated rings. The van der Waals surface area contributed by atoms with Gasteiger partial charge in [-0.2, -0.15) is 0 Å². The van der Waals surface area contributed by atoms with E-state index in [1.54, 1.807) is 12.3 Å². The van der Waals surface area contributed by atoms with Crippen LogP contribution in [0.15, 0.2) is 41.0 Å². The van der Waals surface area contributed by atoms with Crippen molar-refractivity contribution < 1.29 is 8.81 Å². The standard InChI is InChI=1S/C14H16FNO/c1-10-8-13(15)6-5-12(10)9-16-11(2)14-4-3-7-17-14/h3-8,11,16H,9H2,1-2H3/t11-/m0/s1. The molecular weight excluding hydrogens is 217 g/mol. The van der Waals surface area contributed by atoms with Crippen molar-refractivity contribution in [2.24, 2.45) is 0 Å². The normalized spacial score (nSPS) is 12.6. The Bertz CT molecular complexity index is 479. The number of hydrogen-bond acceptors (Lipinski definition) is 2. The third kappa shape index (κ3) is 2.94. The molecule has 0 saturated heterocycles. The van der Waals surface area contributed by atoms with Gasteiger partial charge < -0.3 is 9.73 Å². The number of aryl methyl sites for hydroxylation is 1. The minimum atomic E-state index is -0.190. The fraction of sp³-hybridized carbons (Fsp3) is 0.286. The Morgan fingerprint density at radius 2 is 2.18 bits per heavy atom. The van der Waals surface area contributed by atoms with Gasteiger partial charge in [0.1, 0.15) is 11.6 Å². The van der Waals surface area contributed by atoms with E-state index in [2.05, 4.69) is 5.32 Å². The van der Waals surface area contributed by atoms with Gasteiger partial charge in [0.25, 0.3) is 0 Å². The van der Waals surface area contributed by atoms with E-state index >= 15 is 0 Å². The lowest BCUT2D eigenvalue weighted by molar-refractivity contribution is 0.430. The minimum absolute atomic E-state index is 0.148. The first kappa shape index (κ1) is 11.9. The van der Waals surface area contributed by atoms with Gasteiger partial charge >= 0.3 is 0 Å². The number of furan rings is 1. The molecule has 1 aromatic heterocycles. The molecule has 0 amide bonds. The van der Waals surface area contributed by atoms with Crippen LogP contribution in [0, 0.1) is 12.7 Å². The molecule has 17 heavy (non-hydrogen) atoms. The number of halogens is 1. The molecule has 0 unspecified atom stereocenters. The zero-order valence-electron chi connectivity index (χ0n) is 10.0. The summed E-state index contributed by atoms with van der Waals surface area (Å²) in [7, 11) is 0. The van der Waals surface area contributed by atoms with Gasteiger partial charge in [-0.05, 0) is 49.2 Å². The van der Waals surface area contributed by atoms with Gasteiger partial charge in [-0.1, -0.05) is 6.07 Å². The summed E-state index contributed by atoms with van der Waals surface area (Å²) < 4.78 is 18.2. The third-order valence-corrected chi connectivity index (χ3v) is 2.87. The van der Waals surface area contributed by atoms with E-state index in [1.807, 2.05) is 32.0 Å². The maximum absolute atomic E-state index is 12.9. The van der Waals surface area contributed by atoms with Crippen LogP contribution < -0.4 is 5.32 Å².